The zero-order valence-electron chi connectivity index (χ0n) is 89.6. The Morgan fingerprint density at radius 3 is 1.02 bits per heavy atom. The Bertz CT molecular complexity index is 6860. The predicted molar refractivity (Wildman–Crippen MR) is 616 cm³/mol. The molecule has 15 aromatic rings. The molecule has 5 aliphatic carbocycles. The van der Waals surface area contributed by atoms with E-state index < -0.39 is 5.41 Å². The minimum absolute atomic E-state index is 0.152. The van der Waals surface area contributed by atoms with Gasteiger partial charge >= 0.3 is 0 Å². The Morgan fingerprint density at radius 2 is 0.531 bits per heavy atom. The second-order valence-corrected chi connectivity index (χ2v) is 46.0. The molecule has 5 aliphatic rings. The molecule has 20 rings (SSSR count). The van der Waals surface area contributed by atoms with Gasteiger partial charge in [-0.25, -0.2) is 0 Å². The van der Waals surface area contributed by atoms with Crippen LogP contribution in [0.15, 0.2) is 226 Å². The van der Waals surface area contributed by atoms with E-state index in [9.17, 15) is 0 Å². The van der Waals surface area contributed by atoms with Crippen molar-refractivity contribution in [3.8, 4) is 66.8 Å². The van der Waals surface area contributed by atoms with E-state index in [0.29, 0.717) is 0 Å². The normalized spacial score (nSPS) is 14.8. The van der Waals surface area contributed by atoms with Crippen LogP contribution in [-0.2, 0) is 27.1 Å². The van der Waals surface area contributed by atoms with Crippen molar-refractivity contribution in [3.63, 3.8) is 0 Å². The van der Waals surface area contributed by atoms with Crippen LogP contribution in [0, 0.1) is 0 Å². The van der Waals surface area contributed by atoms with Gasteiger partial charge in [0.1, 0.15) is 33.5 Å². The van der Waals surface area contributed by atoms with Crippen LogP contribution in [0.25, 0.3) is 133 Å². The van der Waals surface area contributed by atoms with Crippen molar-refractivity contribution in [1.82, 2.24) is 0 Å². The van der Waals surface area contributed by atoms with Gasteiger partial charge in [-0.05, 0) is 241 Å². The highest BCUT2D eigenvalue weighted by molar-refractivity contribution is 6.22. The molecule has 4 heteroatoms. The van der Waals surface area contributed by atoms with Crippen LogP contribution in [0.5, 0.6) is 0 Å². The van der Waals surface area contributed by atoms with Gasteiger partial charge in [-0.15, -0.1) is 0 Å². The molecule has 0 N–H and O–H groups in total. The highest BCUT2D eigenvalue weighted by atomic mass is 16.3. The van der Waals surface area contributed by atoms with Crippen LogP contribution < -0.4 is 4.90 Å². The first-order valence-corrected chi connectivity index (χ1v) is 59.0. The molecular weight excluding hydrogens is 1730 g/mol. The number of hydrogen-bond donors (Lipinski definition) is 0. The van der Waals surface area contributed by atoms with Gasteiger partial charge in [-0.1, -0.05) is 485 Å². The third-order valence-corrected chi connectivity index (χ3v) is 36.4. The summed E-state index contributed by atoms with van der Waals surface area (Å²) in [6.07, 6.45) is 64.7. The number of nitrogens with zero attached hydrogens (tertiary/aromatic N) is 1. The van der Waals surface area contributed by atoms with Gasteiger partial charge in [0.25, 0.3) is 0 Å². The predicted octanol–water partition coefficient (Wildman–Crippen LogP) is 44.3. The van der Waals surface area contributed by atoms with Crippen molar-refractivity contribution in [2.75, 3.05) is 4.90 Å². The van der Waals surface area contributed by atoms with Crippen LogP contribution in [-0.4, -0.2) is 0 Å². The Balaban J connectivity index is 0.862. The highest BCUT2D eigenvalue weighted by Gasteiger charge is 2.56. The molecule has 0 aliphatic heterocycles. The summed E-state index contributed by atoms with van der Waals surface area (Å²) in [4.78, 5) is 2.86. The van der Waals surface area contributed by atoms with E-state index in [-0.39, 0.29) is 21.7 Å². The lowest BCUT2D eigenvalue weighted by Gasteiger charge is -2.40. The van der Waals surface area contributed by atoms with Crippen molar-refractivity contribution in [2.24, 2.45) is 0 Å². The number of rotatable bonds is 56. The third kappa shape index (κ3) is 18.6. The second-order valence-electron chi connectivity index (χ2n) is 46.0. The van der Waals surface area contributed by atoms with E-state index in [1.54, 1.807) is 38.9 Å². The molecule has 3 heterocycles. The van der Waals surface area contributed by atoms with E-state index in [1.165, 1.54) is 423 Å². The molecule has 4 nitrogen and oxygen atoms in total. The molecular formula is C139H169NO3. The average Bonchev–Trinajstić information content (AvgIpc) is 1.49. The fourth-order valence-electron chi connectivity index (χ4n) is 29.1. The van der Waals surface area contributed by atoms with E-state index in [1.807, 2.05) is 0 Å². The average molecular weight is 1900 g/mol. The molecule has 0 radical (unpaired) electrons. The first-order valence-electron chi connectivity index (χ1n) is 59.0. The number of benzene rings is 12. The van der Waals surface area contributed by atoms with Gasteiger partial charge in [-0.3, -0.25) is 0 Å². The van der Waals surface area contributed by atoms with Gasteiger partial charge < -0.3 is 18.2 Å². The zero-order chi connectivity index (χ0) is 98.1. The molecule has 12 aromatic carbocycles. The summed E-state index contributed by atoms with van der Waals surface area (Å²) >= 11 is 0. The smallest absolute Gasteiger partial charge is 0.144 e. The van der Waals surface area contributed by atoms with Crippen LogP contribution in [0.1, 0.15) is 459 Å². The summed E-state index contributed by atoms with van der Waals surface area (Å²) in [5.41, 5.74) is 40.7. The van der Waals surface area contributed by atoms with Gasteiger partial charge in [0.05, 0.1) is 0 Å². The molecule has 0 saturated carbocycles. The first kappa shape index (κ1) is 100. The van der Waals surface area contributed by atoms with Gasteiger partial charge in [0, 0.05) is 87.6 Å². The molecule has 3 aromatic heterocycles. The lowest BCUT2D eigenvalue weighted by atomic mass is 9.62. The minimum Gasteiger partial charge on any atom is -0.456 e. The molecule has 0 bridgehead atoms. The molecule has 748 valence electrons. The molecule has 0 atom stereocenters. The van der Waals surface area contributed by atoms with Crippen LogP contribution in [0.4, 0.5) is 17.1 Å². The monoisotopic (exact) mass is 1900 g/mol. The third-order valence-electron chi connectivity index (χ3n) is 36.4. The molecule has 0 unspecified atom stereocenters. The Labute approximate surface area is 860 Å². The SMILES string of the molecule is CCCCCCCCC1(CCCCCCCC)c2cc(N(c3ccc4c(c3)C(C)(C)c3cc(-c5ccccc5)c5oc6ccccc6c5c3-4)c3ccc4c(c3)C(CCCCCCC)(CCCCCCC)c3c5c(c6c(oc7ccccc76)c3-4)-c3ccccc3C5(CCCCCCC)CCCCCCC)ccc2-c2cc3c(cc21)-c1c(ccc2oc4ccccc4c12)C3(CCCCCCCC)CCCCCCCC. The van der Waals surface area contributed by atoms with Crippen LogP contribution >= 0.6 is 0 Å². The largest absolute Gasteiger partial charge is 0.456 e. The summed E-state index contributed by atoms with van der Waals surface area (Å²) < 4.78 is 22.3. The summed E-state index contributed by atoms with van der Waals surface area (Å²) in [5, 5.41) is 7.61. The minimum atomic E-state index is -0.406. The number of fused-ring (bicyclic) bond motifs is 29. The van der Waals surface area contributed by atoms with Gasteiger partial charge in [0.15, 0.2) is 0 Å². The van der Waals surface area contributed by atoms with Crippen molar-refractivity contribution in [1.29, 1.82) is 0 Å². The topological polar surface area (TPSA) is 42.7 Å². The van der Waals surface area contributed by atoms with E-state index >= 15 is 0 Å². The zero-order valence-corrected chi connectivity index (χ0v) is 89.6. The maximum absolute atomic E-state index is 7.93. The van der Waals surface area contributed by atoms with Crippen LogP contribution in [0.2, 0.25) is 0 Å². The maximum Gasteiger partial charge on any atom is 0.144 e. The molecule has 0 saturated heterocycles. The van der Waals surface area contributed by atoms with E-state index in [0.717, 1.165) is 77.6 Å². The molecule has 143 heavy (non-hydrogen) atoms. The summed E-state index contributed by atoms with van der Waals surface area (Å²) in [5.74, 6) is 0. The van der Waals surface area contributed by atoms with Crippen molar-refractivity contribution in [3.05, 3.63) is 268 Å². The standard InChI is InChI=1S/C139H169NO3/c1-11-19-27-35-43-58-84-136(85-59-44-36-28-20-12-2)113-82-83-123-126(106-69-51-55-73-120(106)141-123)125(113)111-97-117-110(96-118(111)136)102-79-76-100(93-115(102)137(117,86-60-45-37-29-21-13-3)87-61-46-38-30-22-14-4)140(99-77-80-104-114(92-99)135(9,10)119-95-109(98-66-48-47-49-67-98)133-128(124(104)119)107-70-52-56-74-121(107)142-133)101-78-81-105-116(94-101)139(90-64-41-33-25-17-7,91-65-42-34-26-18-8)132-130(105)134-129(108-71-53-57-75-122(108)143-134)127-103-68-50-54-72-112(103)138(131(127)132,88-62-39-31-23-15-5)89-63-40-32-24-16-6/h47-57,66-83,92-97H,11-46,58-65,84-91H2,1-10H3. The molecule has 0 fully saturated rings. The van der Waals surface area contributed by atoms with Gasteiger partial charge in [-0.2, -0.15) is 0 Å². The Morgan fingerprint density at radius 1 is 0.203 bits per heavy atom. The molecule has 0 amide bonds. The number of hydrogen-bond acceptors (Lipinski definition) is 4. The Kier molecular flexibility index (Phi) is 31.5. The lowest BCUT2D eigenvalue weighted by Crippen LogP contribution is -2.33. The summed E-state index contributed by atoms with van der Waals surface area (Å²) in [6.45, 7) is 24.2. The lowest BCUT2D eigenvalue weighted by molar-refractivity contribution is 0.369. The highest BCUT2D eigenvalue weighted by Crippen LogP contribution is 2.70. The fourth-order valence-corrected chi connectivity index (χ4v) is 29.1. The van der Waals surface area contributed by atoms with Crippen LogP contribution in [0.3, 0.4) is 0 Å². The number of para-hydroxylation sites is 3. The van der Waals surface area contributed by atoms with Crippen molar-refractivity contribution in [2.45, 2.75) is 430 Å². The second kappa shape index (κ2) is 45.0. The van der Waals surface area contributed by atoms with Gasteiger partial charge in [0.2, 0.25) is 0 Å². The summed E-state index contributed by atoms with van der Waals surface area (Å²) in [7, 11) is 0. The van der Waals surface area contributed by atoms with E-state index in [4.69, 9.17) is 13.3 Å². The number of furan rings is 3. The van der Waals surface area contributed by atoms with E-state index in [2.05, 4.69) is 286 Å². The number of unbranched alkanes of at least 4 members (excludes halogenated alkanes) is 36. The molecule has 0 spiro atoms. The Hall–Kier alpha value is -10.2. The van der Waals surface area contributed by atoms with Crippen molar-refractivity contribution >= 4 is 82.9 Å². The maximum atomic E-state index is 7.93. The first-order chi connectivity index (χ1) is 70.4. The summed E-state index contributed by atoms with van der Waals surface area (Å²) in [6, 6.07) is 86.1. The fraction of sp³-hybridized carbons (Fsp3) is 0.482. The number of anilines is 3. The van der Waals surface area contributed by atoms with Crippen molar-refractivity contribution < 1.29 is 13.3 Å². The quantitative estimate of drug-likeness (QED) is 0.0356.